The maximum Gasteiger partial charge on any atom is 0.263 e. The number of aryl methyl sites for hydroxylation is 2. The molecule has 1 aliphatic rings. The predicted molar refractivity (Wildman–Crippen MR) is 120 cm³/mol. The normalized spacial score (nSPS) is 13.2. The summed E-state index contributed by atoms with van der Waals surface area (Å²) in [7, 11) is 0. The summed E-state index contributed by atoms with van der Waals surface area (Å²) in [5.74, 6) is 0.117. The number of carbonyl (C=O) groups excluding carboxylic acids is 1. The summed E-state index contributed by atoms with van der Waals surface area (Å²) in [5, 5.41) is 4.97. The number of fused-ring (bicyclic) bond motifs is 3. The van der Waals surface area contributed by atoms with E-state index in [2.05, 4.69) is 5.32 Å². The molecule has 1 N–H and O–H groups in total. The number of rotatable bonds is 6. The molecule has 3 aromatic rings. The van der Waals surface area contributed by atoms with Crippen LogP contribution in [0.4, 0.5) is 0 Å². The standard InChI is InChI=1S/C21H22ClN3O2S2/c1-12(2)25-20(27)18-15-4-3-5-16(15)29-19(18)24-21(25)28-11-17(26)23-10-13-6-8-14(22)9-7-13/h6-9,12H,3-5,10-11H2,1-2H3,(H,23,26). The van der Waals surface area contributed by atoms with Gasteiger partial charge in [-0.1, -0.05) is 35.5 Å². The molecule has 0 spiro atoms. The fourth-order valence-electron chi connectivity index (χ4n) is 3.58. The first-order valence-electron chi connectivity index (χ1n) is 9.64. The Morgan fingerprint density at radius 1 is 1.31 bits per heavy atom. The van der Waals surface area contributed by atoms with Gasteiger partial charge in [0.15, 0.2) is 5.16 Å². The fourth-order valence-corrected chi connectivity index (χ4v) is 5.96. The van der Waals surface area contributed by atoms with E-state index in [-0.39, 0.29) is 23.3 Å². The number of nitrogens with one attached hydrogen (secondary N) is 1. The van der Waals surface area contributed by atoms with Crippen LogP contribution in [0.2, 0.25) is 5.02 Å². The number of thiophene rings is 1. The number of benzene rings is 1. The molecule has 4 rings (SSSR count). The quantitative estimate of drug-likeness (QED) is 0.443. The third-order valence-electron chi connectivity index (χ3n) is 4.99. The van der Waals surface area contributed by atoms with Crippen LogP contribution in [0.15, 0.2) is 34.2 Å². The molecule has 0 radical (unpaired) electrons. The van der Waals surface area contributed by atoms with Gasteiger partial charge in [0.05, 0.1) is 11.1 Å². The van der Waals surface area contributed by atoms with Gasteiger partial charge in [-0.05, 0) is 56.4 Å². The van der Waals surface area contributed by atoms with Crippen LogP contribution >= 0.6 is 34.7 Å². The fraction of sp³-hybridized carbons (Fsp3) is 0.381. The van der Waals surface area contributed by atoms with E-state index in [1.165, 1.54) is 22.2 Å². The van der Waals surface area contributed by atoms with Gasteiger partial charge in [0.1, 0.15) is 4.83 Å². The molecule has 0 aliphatic heterocycles. The molecule has 5 nitrogen and oxygen atoms in total. The Morgan fingerprint density at radius 2 is 2.07 bits per heavy atom. The zero-order valence-corrected chi connectivity index (χ0v) is 18.7. The minimum Gasteiger partial charge on any atom is -0.351 e. The van der Waals surface area contributed by atoms with Crippen molar-refractivity contribution in [3.05, 3.63) is 55.6 Å². The maximum absolute atomic E-state index is 13.2. The molecule has 0 bridgehead atoms. The van der Waals surface area contributed by atoms with Crippen LogP contribution in [0, 0.1) is 0 Å². The van der Waals surface area contributed by atoms with Gasteiger partial charge in [-0.25, -0.2) is 4.98 Å². The van der Waals surface area contributed by atoms with Crippen LogP contribution in [0.5, 0.6) is 0 Å². The van der Waals surface area contributed by atoms with Crippen LogP contribution in [-0.2, 0) is 24.2 Å². The zero-order valence-electron chi connectivity index (χ0n) is 16.3. The Hall–Kier alpha value is -1.83. The van der Waals surface area contributed by atoms with Crippen molar-refractivity contribution in [3.8, 4) is 0 Å². The van der Waals surface area contributed by atoms with E-state index in [1.807, 2.05) is 26.0 Å². The van der Waals surface area contributed by atoms with Crippen molar-refractivity contribution in [1.82, 2.24) is 14.9 Å². The second kappa shape index (κ2) is 8.50. The van der Waals surface area contributed by atoms with Crippen molar-refractivity contribution in [1.29, 1.82) is 0 Å². The van der Waals surface area contributed by atoms with Crippen LogP contribution in [0.25, 0.3) is 10.2 Å². The molecule has 152 valence electrons. The van der Waals surface area contributed by atoms with Crippen molar-refractivity contribution in [3.63, 3.8) is 0 Å². The van der Waals surface area contributed by atoms with Crippen molar-refractivity contribution >= 4 is 50.8 Å². The highest BCUT2D eigenvalue weighted by Gasteiger charge is 2.24. The lowest BCUT2D eigenvalue weighted by atomic mass is 10.2. The molecule has 0 unspecified atom stereocenters. The van der Waals surface area contributed by atoms with Gasteiger partial charge in [0.25, 0.3) is 5.56 Å². The molecule has 1 aliphatic carbocycles. The lowest BCUT2D eigenvalue weighted by molar-refractivity contribution is -0.118. The van der Waals surface area contributed by atoms with Crippen LogP contribution in [0.3, 0.4) is 0 Å². The minimum atomic E-state index is -0.0942. The molecule has 29 heavy (non-hydrogen) atoms. The molecule has 0 saturated carbocycles. The van der Waals surface area contributed by atoms with Gasteiger partial charge in [-0.3, -0.25) is 14.2 Å². The molecule has 2 aromatic heterocycles. The van der Waals surface area contributed by atoms with Gasteiger partial charge in [-0.15, -0.1) is 11.3 Å². The smallest absolute Gasteiger partial charge is 0.263 e. The average molecular weight is 448 g/mol. The van der Waals surface area contributed by atoms with Crippen molar-refractivity contribution in [2.24, 2.45) is 0 Å². The van der Waals surface area contributed by atoms with E-state index in [9.17, 15) is 9.59 Å². The largest absolute Gasteiger partial charge is 0.351 e. The van der Waals surface area contributed by atoms with Gasteiger partial charge in [0.2, 0.25) is 5.91 Å². The molecular weight excluding hydrogens is 426 g/mol. The molecule has 1 aromatic carbocycles. The summed E-state index contributed by atoms with van der Waals surface area (Å²) >= 11 is 8.83. The molecule has 0 fully saturated rings. The van der Waals surface area contributed by atoms with Crippen LogP contribution < -0.4 is 10.9 Å². The summed E-state index contributed by atoms with van der Waals surface area (Å²) < 4.78 is 1.73. The summed E-state index contributed by atoms with van der Waals surface area (Å²) in [6, 6.07) is 7.36. The Bertz CT molecular complexity index is 1120. The molecule has 0 saturated heterocycles. The topological polar surface area (TPSA) is 64.0 Å². The Kier molecular flexibility index (Phi) is 5.99. The number of aromatic nitrogens is 2. The van der Waals surface area contributed by atoms with E-state index in [0.717, 1.165) is 35.0 Å². The molecular formula is C21H22ClN3O2S2. The Labute approximate surface area is 182 Å². The second-order valence-corrected chi connectivity index (χ2v) is 9.86. The first-order chi connectivity index (χ1) is 13.9. The first-order valence-corrected chi connectivity index (χ1v) is 11.8. The molecule has 1 amide bonds. The van der Waals surface area contributed by atoms with E-state index >= 15 is 0 Å². The van der Waals surface area contributed by atoms with Gasteiger partial charge >= 0.3 is 0 Å². The number of hydrogen-bond donors (Lipinski definition) is 1. The Morgan fingerprint density at radius 3 is 2.79 bits per heavy atom. The van der Waals surface area contributed by atoms with E-state index < -0.39 is 0 Å². The zero-order chi connectivity index (χ0) is 20.5. The highest BCUT2D eigenvalue weighted by Crippen LogP contribution is 2.36. The van der Waals surface area contributed by atoms with Crippen molar-refractivity contribution in [2.75, 3.05) is 5.75 Å². The van der Waals surface area contributed by atoms with Crippen molar-refractivity contribution in [2.45, 2.75) is 50.9 Å². The highest BCUT2D eigenvalue weighted by atomic mass is 35.5. The number of amides is 1. The monoisotopic (exact) mass is 447 g/mol. The average Bonchev–Trinajstić information content (AvgIpc) is 3.26. The van der Waals surface area contributed by atoms with Gasteiger partial charge in [-0.2, -0.15) is 0 Å². The van der Waals surface area contributed by atoms with Gasteiger partial charge < -0.3 is 5.32 Å². The van der Waals surface area contributed by atoms with Crippen LogP contribution in [0.1, 0.15) is 42.3 Å². The highest BCUT2D eigenvalue weighted by molar-refractivity contribution is 7.99. The third-order valence-corrected chi connectivity index (χ3v) is 7.38. The predicted octanol–water partition coefficient (Wildman–Crippen LogP) is 4.59. The minimum absolute atomic E-state index is 0.0176. The Balaban J connectivity index is 1.51. The SMILES string of the molecule is CC(C)n1c(SCC(=O)NCc2ccc(Cl)cc2)nc2sc3c(c2c1=O)CCC3. The number of carbonyl (C=O) groups is 1. The maximum atomic E-state index is 13.2. The van der Waals surface area contributed by atoms with Gasteiger partial charge in [0, 0.05) is 22.5 Å². The van der Waals surface area contributed by atoms with E-state index in [4.69, 9.17) is 16.6 Å². The van der Waals surface area contributed by atoms with Crippen LogP contribution in [-0.4, -0.2) is 21.2 Å². The van der Waals surface area contributed by atoms with E-state index in [1.54, 1.807) is 28.0 Å². The third kappa shape index (κ3) is 4.22. The number of thioether (sulfide) groups is 1. The first kappa shape index (κ1) is 20.4. The molecule has 0 atom stereocenters. The number of nitrogens with zero attached hydrogens (tertiary/aromatic N) is 2. The molecule has 8 heteroatoms. The second-order valence-electron chi connectivity index (χ2n) is 7.39. The summed E-state index contributed by atoms with van der Waals surface area (Å²) in [4.78, 5) is 32.4. The summed E-state index contributed by atoms with van der Waals surface area (Å²) in [6.45, 7) is 4.40. The lowest BCUT2D eigenvalue weighted by Gasteiger charge is -2.15. The molecule has 2 heterocycles. The number of halogens is 1. The summed E-state index contributed by atoms with van der Waals surface area (Å²) in [5.41, 5.74) is 2.20. The van der Waals surface area contributed by atoms with Crippen molar-refractivity contribution < 1.29 is 4.79 Å². The van der Waals surface area contributed by atoms with E-state index in [0.29, 0.717) is 16.7 Å². The summed E-state index contributed by atoms with van der Waals surface area (Å²) in [6.07, 6.45) is 3.11. The number of hydrogen-bond acceptors (Lipinski definition) is 5. The lowest BCUT2D eigenvalue weighted by Crippen LogP contribution is -2.27.